The number of hydrogen-bond donors (Lipinski definition) is 1. The summed E-state index contributed by atoms with van der Waals surface area (Å²) in [5, 5.41) is 2.66. The van der Waals surface area contributed by atoms with Crippen molar-refractivity contribution in [2.75, 3.05) is 13.7 Å². The summed E-state index contributed by atoms with van der Waals surface area (Å²) in [4.78, 5) is 37.2. The maximum absolute atomic E-state index is 13.9. The van der Waals surface area contributed by atoms with Crippen molar-refractivity contribution < 1.29 is 28.2 Å². The Labute approximate surface area is 153 Å². The molecule has 1 heterocycles. The SMILES string of the molecule is C=C(C)[C@@H](/C=C/C(=O)OC)NC(=O)[C@@H]1C[C@H](F)CN1C(=O)OC(C)(C)C. The zero-order valence-electron chi connectivity index (χ0n) is 15.9. The van der Waals surface area contributed by atoms with Crippen LogP contribution < -0.4 is 5.32 Å². The van der Waals surface area contributed by atoms with E-state index in [-0.39, 0.29) is 13.0 Å². The number of amides is 2. The number of esters is 1. The van der Waals surface area contributed by atoms with Crippen molar-refractivity contribution >= 4 is 18.0 Å². The lowest BCUT2D eigenvalue weighted by atomic mass is 10.1. The molecule has 146 valence electrons. The zero-order valence-corrected chi connectivity index (χ0v) is 15.9. The van der Waals surface area contributed by atoms with Crippen molar-refractivity contribution in [3.05, 3.63) is 24.3 Å². The number of alkyl halides is 1. The standard InChI is InChI=1S/C18H27FN2O5/c1-11(2)13(7-8-15(22)25-6)20-16(23)14-9-12(19)10-21(14)17(24)26-18(3,4)5/h7-8,12-14H,1,9-10H2,2-6H3,(H,20,23)/b8-7+/t12-,13+,14-/m0/s1. The van der Waals surface area contributed by atoms with Gasteiger partial charge in [-0.2, -0.15) is 0 Å². The highest BCUT2D eigenvalue weighted by atomic mass is 19.1. The second kappa shape index (κ2) is 8.82. The number of likely N-dealkylation sites (tertiary alicyclic amines) is 1. The molecule has 8 heteroatoms. The molecule has 0 aromatic heterocycles. The van der Waals surface area contributed by atoms with Crippen LogP contribution in [0, 0.1) is 0 Å². The van der Waals surface area contributed by atoms with E-state index in [0.717, 1.165) is 11.0 Å². The van der Waals surface area contributed by atoms with Crippen LogP contribution in [-0.4, -0.2) is 60.4 Å². The van der Waals surface area contributed by atoms with Gasteiger partial charge in [-0.1, -0.05) is 18.2 Å². The second-order valence-electron chi connectivity index (χ2n) is 7.20. The molecule has 0 aliphatic carbocycles. The van der Waals surface area contributed by atoms with E-state index in [1.54, 1.807) is 27.7 Å². The van der Waals surface area contributed by atoms with Gasteiger partial charge in [0.15, 0.2) is 0 Å². The van der Waals surface area contributed by atoms with Crippen LogP contribution in [0.2, 0.25) is 0 Å². The predicted octanol–water partition coefficient (Wildman–Crippen LogP) is 2.12. The fourth-order valence-corrected chi connectivity index (χ4v) is 2.38. The topological polar surface area (TPSA) is 84.9 Å². The number of hydrogen-bond acceptors (Lipinski definition) is 5. The van der Waals surface area contributed by atoms with Crippen LogP contribution in [0.15, 0.2) is 24.3 Å². The smallest absolute Gasteiger partial charge is 0.411 e. The van der Waals surface area contributed by atoms with Crippen molar-refractivity contribution in [2.24, 2.45) is 0 Å². The Hall–Kier alpha value is -2.38. The number of nitrogens with zero attached hydrogens (tertiary/aromatic N) is 1. The number of methoxy groups -OCH3 is 1. The lowest BCUT2D eigenvalue weighted by Gasteiger charge is -2.28. The van der Waals surface area contributed by atoms with Crippen molar-refractivity contribution in [3.63, 3.8) is 0 Å². The third kappa shape index (κ3) is 6.50. The second-order valence-corrected chi connectivity index (χ2v) is 7.20. The minimum Gasteiger partial charge on any atom is -0.466 e. The van der Waals surface area contributed by atoms with Gasteiger partial charge in [-0.3, -0.25) is 9.69 Å². The summed E-state index contributed by atoms with van der Waals surface area (Å²) < 4.78 is 23.6. The number of rotatable bonds is 5. The van der Waals surface area contributed by atoms with E-state index in [9.17, 15) is 18.8 Å². The number of carbonyl (C=O) groups excluding carboxylic acids is 3. The molecule has 7 nitrogen and oxygen atoms in total. The predicted molar refractivity (Wildman–Crippen MR) is 94.1 cm³/mol. The molecule has 0 bridgehead atoms. The molecule has 0 radical (unpaired) electrons. The fourth-order valence-electron chi connectivity index (χ4n) is 2.38. The minimum atomic E-state index is -1.31. The van der Waals surface area contributed by atoms with Gasteiger partial charge in [-0.05, 0) is 27.7 Å². The molecule has 26 heavy (non-hydrogen) atoms. The summed E-state index contributed by atoms with van der Waals surface area (Å²) in [5.74, 6) is -1.12. The van der Waals surface area contributed by atoms with Crippen molar-refractivity contribution in [1.82, 2.24) is 10.2 Å². The van der Waals surface area contributed by atoms with Gasteiger partial charge in [-0.15, -0.1) is 0 Å². The average Bonchev–Trinajstić information content (AvgIpc) is 2.91. The quantitative estimate of drug-likeness (QED) is 0.455. The molecule has 0 saturated carbocycles. The third-order valence-corrected chi connectivity index (χ3v) is 3.64. The van der Waals surface area contributed by atoms with Gasteiger partial charge in [0, 0.05) is 12.5 Å². The first-order valence-electron chi connectivity index (χ1n) is 8.30. The molecule has 2 amide bonds. The van der Waals surface area contributed by atoms with E-state index in [4.69, 9.17) is 4.74 Å². The van der Waals surface area contributed by atoms with Crippen LogP contribution in [0.3, 0.4) is 0 Å². The Balaban J connectivity index is 2.87. The Morgan fingerprint density at radius 1 is 1.35 bits per heavy atom. The summed E-state index contributed by atoms with van der Waals surface area (Å²) >= 11 is 0. The Morgan fingerprint density at radius 2 is 1.96 bits per heavy atom. The van der Waals surface area contributed by atoms with Crippen LogP contribution in [-0.2, 0) is 19.1 Å². The van der Waals surface area contributed by atoms with Gasteiger partial charge >= 0.3 is 12.1 Å². The molecule has 1 fully saturated rings. The number of halogens is 1. The van der Waals surface area contributed by atoms with Crippen LogP contribution in [0.1, 0.15) is 34.1 Å². The molecule has 0 aromatic carbocycles. The molecule has 0 spiro atoms. The normalized spacial score (nSPS) is 21.4. The largest absolute Gasteiger partial charge is 0.466 e. The van der Waals surface area contributed by atoms with Crippen LogP contribution in [0.4, 0.5) is 9.18 Å². The number of ether oxygens (including phenoxy) is 2. The third-order valence-electron chi connectivity index (χ3n) is 3.64. The van der Waals surface area contributed by atoms with Crippen LogP contribution >= 0.6 is 0 Å². The molecule has 0 unspecified atom stereocenters. The van der Waals surface area contributed by atoms with Gasteiger partial charge in [-0.25, -0.2) is 14.0 Å². The lowest BCUT2D eigenvalue weighted by molar-refractivity contribution is -0.135. The fraction of sp³-hybridized carbons (Fsp3) is 0.611. The number of nitrogens with one attached hydrogen (secondary N) is 1. The first-order chi connectivity index (χ1) is 11.9. The van der Waals surface area contributed by atoms with Gasteiger partial charge < -0.3 is 14.8 Å². The summed E-state index contributed by atoms with van der Waals surface area (Å²) in [6.07, 6.45) is 0.417. The summed E-state index contributed by atoms with van der Waals surface area (Å²) in [6.45, 7) is 10.3. The average molecular weight is 370 g/mol. The van der Waals surface area contributed by atoms with Crippen molar-refractivity contribution in [1.29, 1.82) is 0 Å². The van der Waals surface area contributed by atoms with E-state index in [1.807, 2.05) is 0 Å². The first kappa shape index (κ1) is 21.7. The highest BCUT2D eigenvalue weighted by molar-refractivity contribution is 5.87. The van der Waals surface area contributed by atoms with E-state index < -0.39 is 41.8 Å². The maximum Gasteiger partial charge on any atom is 0.411 e. The van der Waals surface area contributed by atoms with Gasteiger partial charge in [0.2, 0.25) is 5.91 Å². The van der Waals surface area contributed by atoms with E-state index in [1.165, 1.54) is 13.2 Å². The Kier molecular flexibility index (Phi) is 7.35. The molecular weight excluding hydrogens is 343 g/mol. The van der Waals surface area contributed by atoms with Crippen LogP contribution in [0.25, 0.3) is 0 Å². The van der Waals surface area contributed by atoms with E-state index in [0.29, 0.717) is 5.57 Å². The summed E-state index contributed by atoms with van der Waals surface area (Å²) in [5.41, 5.74) is -0.187. The molecule has 1 N–H and O–H groups in total. The molecule has 1 rings (SSSR count). The van der Waals surface area contributed by atoms with Gasteiger partial charge in [0.25, 0.3) is 0 Å². The molecule has 1 aliphatic rings. The van der Waals surface area contributed by atoms with E-state index >= 15 is 0 Å². The first-order valence-corrected chi connectivity index (χ1v) is 8.30. The lowest BCUT2D eigenvalue weighted by Crippen LogP contribution is -2.49. The molecule has 1 aliphatic heterocycles. The Morgan fingerprint density at radius 3 is 2.46 bits per heavy atom. The van der Waals surface area contributed by atoms with E-state index in [2.05, 4.69) is 16.6 Å². The van der Waals surface area contributed by atoms with Crippen molar-refractivity contribution in [3.8, 4) is 0 Å². The molecule has 0 aromatic rings. The number of carbonyl (C=O) groups is 3. The zero-order chi connectivity index (χ0) is 20.1. The van der Waals surface area contributed by atoms with Gasteiger partial charge in [0.1, 0.15) is 17.8 Å². The Bertz CT molecular complexity index is 597. The summed E-state index contributed by atoms with van der Waals surface area (Å²) in [7, 11) is 1.24. The van der Waals surface area contributed by atoms with Crippen LogP contribution in [0.5, 0.6) is 0 Å². The van der Waals surface area contributed by atoms with Crippen molar-refractivity contribution in [2.45, 2.75) is 58.0 Å². The minimum absolute atomic E-state index is 0.116. The maximum atomic E-state index is 13.9. The molecule has 3 atom stereocenters. The molecular formula is C18H27FN2O5. The highest BCUT2D eigenvalue weighted by Gasteiger charge is 2.42. The highest BCUT2D eigenvalue weighted by Crippen LogP contribution is 2.23. The molecule has 1 saturated heterocycles. The monoisotopic (exact) mass is 370 g/mol. The van der Waals surface area contributed by atoms with Gasteiger partial charge in [0.05, 0.1) is 19.7 Å². The summed E-state index contributed by atoms with van der Waals surface area (Å²) in [6, 6.07) is -1.64.